The summed E-state index contributed by atoms with van der Waals surface area (Å²) >= 11 is 0. The monoisotopic (exact) mass is 253 g/mol. The molecule has 0 unspecified atom stereocenters. The molecule has 1 heteroatoms. The molecule has 0 aliphatic heterocycles. The van der Waals surface area contributed by atoms with E-state index in [1.165, 1.54) is 44.1 Å². The van der Waals surface area contributed by atoms with E-state index < -0.39 is 0 Å². The van der Waals surface area contributed by atoms with Crippen LogP contribution in [0.15, 0.2) is 24.3 Å². The lowest BCUT2D eigenvalue weighted by atomic mass is 9.79. The highest BCUT2D eigenvalue weighted by Crippen LogP contribution is 2.38. The van der Waals surface area contributed by atoms with Gasteiger partial charge in [-0.05, 0) is 61.5 Å². The van der Waals surface area contributed by atoms with Crippen LogP contribution in [-0.4, -0.2) is 0 Å². The number of nitriles is 1. The van der Waals surface area contributed by atoms with Gasteiger partial charge in [-0.25, -0.2) is 0 Å². The molecule has 2 saturated carbocycles. The van der Waals surface area contributed by atoms with Gasteiger partial charge in [0.2, 0.25) is 0 Å². The van der Waals surface area contributed by atoms with Crippen molar-refractivity contribution in [3.8, 4) is 6.07 Å². The molecule has 0 spiro atoms. The summed E-state index contributed by atoms with van der Waals surface area (Å²) in [5.41, 5.74) is 3.05. The highest BCUT2D eigenvalue weighted by Gasteiger charge is 2.22. The van der Waals surface area contributed by atoms with Gasteiger partial charge in [0.15, 0.2) is 0 Å². The van der Waals surface area contributed by atoms with Gasteiger partial charge in [-0.15, -0.1) is 0 Å². The molecule has 1 nitrogen and oxygen atoms in total. The number of hydrogen-bond acceptors (Lipinski definition) is 1. The van der Waals surface area contributed by atoms with Gasteiger partial charge < -0.3 is 0 Å². The average Bonchev–Trinajstić information content (AvgIpc) is 3.02. The van der Waals surface area contributed by atoms with E-state index in [4.69, 9.17) is 5.26 Å². The predicted molar refractivity (Wildman–Crippen MR) is 78.0 cm³/mol. The van der Waals surface area contributed by atoms with Crippen LogP contribution < -0.4 is 0 Å². The van der Waals surface area contributed by atoms with E-state index in [1.54, 1.807) is 5.56 Å². The van der Waals surface area contributed by atoms with Crippen molar-refractivity contribution in [3.63, 3.8) is 0 Å². The minimum absolute atomic E-state index is 0.314. The summed E-state index contributed by atoms with van der Waals surface area (Å²) in [5.74, 6) is 1.83. The molecule has 0 amide bonds. The van der Waals surface area contributed by atoms with Crippen molar-refractivity contribution in [2.24, 2.45) is 5.92 Å². The highest BCUT2D eigenvalue weighted by molar-refractivity contribution is 5.28. The molecule has 0 atom stereocenters. The lowest BCUT2D eigenvalue weighted by molar-refractivity contribution is 0.382. The smallest absolute Gasteiger partial charge is 0.0655 e. The molecular formula is C18H23N. The summed E-state index contributed by atoms with van der Waals surface area (Å²) in [6, 6.07) is 11.9. The molecule has 0 radical (unpaired) electrons. The fraction of sp³-hybridized carbons (Fsp3) is 0.611. The standard InChI is InChI=1S/C18H23N/c19-13-14-5-7-16(8-6-14)18-11-9-17(10-12-18)15-3-1-2-4-15/h9-12,14-16H,1-8H2. The van der Waals surface area contributed by atoms with Crippen LogP contribution in [0.1, 0.15) is 74.3 Å². The van der Waals surface area contributed by atoms with Crippen LogP contribution in [0.2, 0.25) is 0 Å². The SMILES string of the molecule is N#CC1CCC(c2ccc(C3CCCC3)cc2)CC1. The first-order chi connectivity index (χ1) is 9.36. The molecule has 1 aromatic carbocycles. The Labute approximate surface area is 116 Å². The van der Waals surface area contributed by atoms with Crippen molar-refractivity contribution >= 4 is 0 Å². The largest absolute Gasteiger partial charge is 0.198 e. The first-order valence-electron chi connectivity index (χ1n) is 7.86. The zero-order valence-corrected chi connectivity index (χ0v) is 11.6. The molecule has 0 heterocycles. The molecule has 2 fully saturated rings. The average molecular weight is 253 g/mol. The molecule has 2 aliphatic carbocycles. The van der Waals surface area contributed by atoms with Gasteiger partial charge >= 0.3 is 0 Å². The summed E-state index contributed by atoms with van der Waals surface area (Å²) < 4.78 is 0. The minimum Gasteiger partial charge on any atom is -0.198 e. The van der Waals surface area contributed by atoms with Crippen molar-refractivity contribution in [1.82, 2.24) is 0 Å². The van der Waals surface area contributed by atoms with Crippen LogP contribution in [0.25, 0.3) is 0 Å². The Bertz CT molecular complexity index is 440. The summed E-state index contributed by atoms with van der Waals surface area (Å²) in [4.78, 5) is 0. The van der Waals surface area contributed by atoms with Gasteiger partial charge in [0, 0.05) is 5.92 Å². The Balaban J connectivity index is 1.64. The van der Waals surface area contributed by atoms with E-state index in [9.17, 15) is 0 Å². The third kappa shape index (κ3) is 2.84. The van der Waals surface area contributed by atoms with Crippen molar-refractivity contribution in [1.29, 1.82) is 5.26 Å². The van der Waals surface area contributed by atoms with E-state index in [0.717, 1.165) is 18.8 Å². The molecule has 0 aromatic heterocycles. The molecule has 0 bridgehead atoms. The van der Waals surface area contributed by atoms with Crippen molar-refractivity contribution in [3.05, 3.63) is 35.4 Å². The van der Waals surface area contributed by atoms with Crippen molar-refractivity contribution in [2.75, 3.05) is 0 Å². The molecule has 1 aromatic rings. The third-order valence-electron chi connectivity index (χ3n) is 5.14. The summed E-state index contributed by atoms with van der Waals surface area (Å²) in [7, 11) is 0. The van der Waals surface area contributed by atoms with Crippen LogP contribution in [0, 0.1) is 17.2 Å². The predicted octanol–water partition coefficient (Wildman–Crippen LogP) is 5.14. The molecule has 2 aliphatic rings. The minimum atomic E-state index is 0.314. The Morgan fingerprint density at radius 2 is 1.21 bits per heavy atom. The summed E-state index contributed by atoms with van der Waals surface area (Å²) in [6.07, 6.45) is 10.1. The Morgan fingerprint density at radius 3 is 1.68 bits per heavy atom. The second-order valence-corrected chi connectivity index (χ2v) is 6.33. The van der Waals surface area contributed by atoms with E-state index in [-0.39, 0.29) is 0 Å². The molecular weight excluding hydrogens is 230 g/mol. The van der Waals surface area contributed by atoms with Crippen LogP contribution in [0.5, 0.6) is 0 Å². The quantitative estimate of drug-likeness (QED) is 0.715. The third-order valence-corrected chi connectivity index (χ3v) is 5.14. The van der Waals surface area contributed by atoms with Crippen LogP contribution >= 0.6 is 0 Å². The van der Waals surface area contributed by atoms with Crippen molar-refractivity contribution < 1.29 is 0 Å². The highest BCUT2D eigenvalue weighted by atomic mass is 14.3. The lowest BCUT2D eigenvalue weighted by Crippen LogP contribution is -2.11. The fourth-order valence-electron chi connectivity index (χ4n) is 3.86. The Morgan fingerprint density at radius 1 is 0.737 bits per heavy atom. The van der Waals surface area contributed by atoms with E-state index >= 15 is 0 Å². The topological polar surface area (TPSA) is 23.8 Å². The van der Waals surface area contributed by atoms with Gasteiger partial charge in [0.05, 0.1) is 6.07 Å². The van der Waals surface area contributed by atoms with Gasteiger partial charge in [-0.3, -0.25) is 0 Å². The Hall–Kier alpha value is -1.29. The van der Waals surface area contributed by atoms with Gasteiger partial charge in [-0.2, -0.15) is 5.26 Å². The number of nitrogens with zero attached hydrogens (tertiary/aromatic N) is 1. The maximum absolute atomic E-state index is 8.96. The van der Waals surface area contributed by atoms with Crippen LogP contribution in [0.3, 0.4) is 0 Å². The zero-order valence-electron chi connectivity index (χ0n) is 11.6. The normalized spacial score (nSPS) is 28.2. The molecule has 0 N–H and O–H groups in total. The number of benzene rings is 1. The summed E-state index contributed by atoms with van der Waals surface area (Å²) in [6.45, 7) is 0. The molecule has 19 heavy (non-hydrogen) atoms. The summed E-state index contributed by atoms with van der Waals surface area (Å²) in [5, 5.41) is 8.96. The van der Waals surface area contributed by atoms with Crippen molar-refractivity contribution in [2.45, 2.75) is 63.2 Å². The molecule has 3 rings (SSSR count). The fourth-order valence-corrected chi connectivity index (χ4v) is 3.86. The first-order valence-corrected chi connectivity index (χ1v) is 7.86. The first kappa shape index (κ1) is 12.7. The second-order valence-electron chi connectivity index (χ2n) is 6.33. The lowest BCUT2D eigenvalue weighted by Gasteiger charge is -2.25. The van der Waals surface area contributed by atoms with Crippen LogP contribution in [0.4, 0.5) is 0 Å². The zero-order chi connectivity index (χ0) is 13.1. The maximum atomic E-state index is 8.96. The van der Waals surface area contributed by atoms with Crippen LogP contribution in [-0.2, 0) is 0 Å². The van der Waals surface area contributed by atoms with E-state index in [0.29, 0.717) is 11.8 Å². The van der Waals surface area contributed by atoms with E-state index in [1.807, 2.05) is 0 Å². The van der Waals surface area contributed by atoms with Gasteiger partial charge in [-0.1, -0.05) is 37.1 Å². The molecule has 100 valence electrons. The van der Waals surface area contributed by atoms with Gasteiger partial charge in [0.1, 0.15) is 0 Å². The molecule has 0 saturated heterocycles. The van der Waals surface area contributed by atoms with E-state index in [2.05, 4.69) is 30.3 Å². The number of rotatable bonds is 2. The van der Waals surface area contributed by atoms with Gasteiger partial charge in [0.25, 0.3) is 0 Å². The Kier molecular flexibility index (Phi) is 3.87. The second kappa shape index (κ2) is 5.78. The maximum Gasteiger partial charge on any atom is 0.0655 e. The number of hydrogen-bond donors (Lipinski definition) is 0.